The standard InChI is InChI=1S/C4H4O2.HI/c1-2-4-6-5-3-1;/h1-4H;1H. The molecule has 0 saturated heterocycles. The van der Waals surface area contributed by atoms with E-state index in [1.807, 2.05) is 0 Å². The zero-order chi connectivity index (χ0) is 4.24. The average Bonchev–Trinajstić information content (AvgIpc) is 1.72. The molecular weight excluding hydrogens is 207 g/mol. The third-order valence-electron chi connectivity index (χ3n) is 0.435. The largest absolute Gasteiger partial charge is 0.299 e. The highest BCUT2D eigenvalue weighted by Crippen LogP contribution is 1.89. The molecule has 0 fully saturated rings. The lowest BCUT2D eigenvalue weighted by molar-refractivity contribution is -0.198. The Morgan fingerprint density at radius 3 is 1.43 bits per heavy atom. The van der Waals surface area contributed by atoms with E-state index in [0.717, 1.165) is 0 Å². The SMILES string of the molecule is C1=COOC=C1.I. The molecule has 2 nitrogen and oxygen atoms in total. The first-order valence-electron chi connectivity index (χ1n) is 1.64. The van der Waals surface area contributed by atoms with Crippen LogP contribution in [-0.2, 0) is 9.78 Å². The fraction of sp³-hybridized carbons (Fsp3) is 0. The first kappa shape index (κ1) is 6.81. The van der Waals surface area contributed by atoms with Crippen molar-refractivity contribution < 1.29 is 9.78 Å². The Balaban J connectivity index is 0.000000360. The van der Waals surface area contributed by atoms with Gasteiger partial charge in [-0.2, -0.15) is 0 Å². The van der Waals surface area contributed by atoms with Gasteiger partial charge >= 0.3 is 0 Å². The summed E-state index contributed by atoms with van der Waals surface area (Å²) in [5, 5.41) is 0. The Bertz CT molecular complexity index is 75.7. The second-order valence-corrected chi connectivity index (χ2v) is 0.850. The molecule has 0 N–H and O–H groups in total. The summed E-state index contributed by atoms with van der Waals surface area (Å²) in [6, 6.07) is 0. The van der Waals surface area contributed by atoms with E-state index in [4.69, 9.17) is 0 Å². The van der Waals surface area contributed by atoms with Crippen LogP contribution < -0.4 is 0 Å². The monoisotopic (exact) mass is 212 g/mol. The molecule has 3 heteroatoms. The Kier molecular flexibility index (Phi) is 3.87. The van der Waals surface area contributed by atoms with Crippen molar-refractivity contribution in [3.63, 3.8) is 0 Å². The van der Waals surface area contributed by atoms with Crippen LogP contribution in [0.4, 0.5) is 0 Å². The number of hydrogen-bond acceptors (Lipinski definition) is 2. The molecule has 0 unspecified atom stereocenters. The van der Waals surface area contributed by atoms with E-state index in [2.05, 4.69) is 9.78 Å². The Morgan fingerprint density at radius 1 is 0.857 bits per heavy atom. The molecule has 0 aromatic rings. The van der Waals surface area contributed by atoms with Gasteiger partial charge in [-0.3, -0.25) is 9.78 Å². The van der Waals surface area contributed by atoms with Crippen molar-refractivity contribution in [1.82, 2.24) is 0 Å². The number of hydrogen-bond donors (Lipinski definition) is 0. The smallest absolute Gasteiger partial charge is 0.142 e. The van der Waals surface area contributed by atoms with Crippen LogP contribution in [0.5, 0.6) is 0 Å². The van der Waals surface area contributed by atoms with Crippen LogP contribution in [-0.4, -0.2) is 0 Å². The lowest BCUT2D eigenvalue weighted by Gasteiger charge is -1.94. The normalized spacial score (nSPS) is 13.7. The Labute approximate surface area is 58.7 Å². The average molecular weight is 212 g/mol. The van der Waals surface area contributed by atoms with Crippen molar-refractivity contribution in [2.24, 2.45) is 0 Å². The van der Waals surface area contributed by atoms with E-state index in [1.54, 1.807) is 12.2 Å². The maximum Gasteiger partial charge on any atom is 0.142 e. The molecule has 0 aromatic carbocycles. The van der Waals surface area contributed by atoms with E-state index in [0.29, 0.717) is 0 Å². The fourth-order valence-electron chi connectivity index (χ4n) is 0.219. The molecular formula is C4H5IO2. The molecule has 0 radical (unpaired) electrons. The van der Waals surface area contributed by atoms with Gasteiger partial charge in [0, 0.05) is 0 Å². The van der Waals surface area contributed by atoms with Crippen molar-refractivity contribution in [2.75, 3.05) is 0 Å². The molecule has 0 amide bonds. The highest BCUT2D eigenvalue weighted by atomic mass is 127. The molecule has 1 rings (SSSR count). The topological polar surface area (TPSA) is 18.5 Å². The van der Waals surface area contributed by atoms with Gasteiger partial charge in [-0.25, -0.2) is 0 Å². The zero-order valence-electron chi connectivity index (χ0n) is 3.53. The molecule has 0 aromatic heterocycles. The Morgan fingerprint density at radius 2 is 1.29 bits per heavy atom. The van der Waals surface area contributed by atoms with E-state index in [-0.39, 0.29) is 24.0 Å². The molecule has 1 aliphatic heterocycles. The lowest BCUT2D eigenvalue weighted by Crippen LogP contribution is -1.78. The van der Waals surface area contributed by atoms with E-state index < -0.39 is 0 Å². The van der Waals surface area contributed by atoms with Crippen LogP contribution in [0.1, 0.15) is 0 Å². The highest BCUT2D eigenvalue weighted by molar-refractivity contribution is 14.0. The van der Waals surface area contributed by atoms with Gasteiger partial charge in [-0.05, 0) is 12.2 Å². The number of halogens is 1. The maximum absolute atomic E-state index is 4.30. The highest BCUT2D eigenvalue weighted by Gasteiger charge is 1.75. The summed E-state index contributed by atoms with van der Waals surface area (Å²) in [5.41, 5.74) is 0. The van der Waals surface area contributed by atoms with Crippen LogP contribution in [0, 0.1) is 0 Å². The summed E-state index contributed by atoms with van der Waals surface area (Å²) in [6.07, 6.45) is 6.40. The van der Waals surface area contributed by atoms with Gasteiger partial charge in [-0.1, -0.05) is 0 Å². The predicted octanol–water partition coefficient (Wildman–Crippen LogP) is 1.59. The van der Waals surface area contributed by atoms with Crippen LogP contribution >= 0.6 is 24.0 Å². The van der Waals surface area contributed by atoms with Gasteiger partial charge < -0.3 is 0 Å². The molecule has 0 atom stereocenters. The van der Waals surface area contributed by atoms with E-state index >= 15 is 0 Å². The van der Waals surface area contributed by atoms with Gasteiger partial charge in [0.2, 0.25) is 0 Å². The zero-order valence-corrected chi connectivity index (χ0v) is 5.86. The van der Waals surface area contributed by atoms with Crippen molar-refractivity contribution in [3.8, 4) is 0 Å². The van der Waals surface area contributed by atoms with Crippen LogP contribution in [0.2, 0.25) is 0 Å². The number of allylic oxidation sites excluding steroid dienone is 2. The van der Waals surface area contributed by atoms with Crippen molar-refractivity contribution in [3.05, 3.63) is 24.7 Å². The summed E-state index contributed by atoms with van der Waals surface area (Å²) >= 11 is 0. The first-order valence-corrected chi connectivity index (χ1v) is 1.64. The first-order chi connectivity index (χ1) is 3.00. The molecule has 40 valence electrons. The third-order valence-corrected chi connectivity index (χ3v) is 0.435. The molecule has 0 aliphatic carbocycles. The Hall–Kier alpha value is -0.190. The summed E-state index contributed by atoms with van der Waals surface area (Å²) in [5.74, 6) is 0. The molecule has 7 heavy (non-hydrogen) atoms. The minimum atomic E-state index is 0. The summed E-state index contributed by atoms with van der Waals surface area (Å²) in [7, 11) is 0. The quantitative estimate of drug-likeness (QED) is 0.448. The van der Waals surface area contributed by atoms with Crippen LogP contribution in [0.15, 0.2) is 24.7 Å². The third kappa shape index (κ3) is 2.50. The van der Waals surface area contributed by atoms with Crippen molar-refractivity contribution in [2.45, 2.75) is 0 Å². The minimum absolute atomic E-state index is 0. The maximum atomic E-state index is 4.30. The van der Waals surface area contributed by atoms with Crippen LogP contribution in [0.25, 0.3) is 0 Å². The lowest BCUT2D eigenvalue weighted by atomic mass is 10.6. The van der Waals surface area contributed by atoms with Crippen molar-refractivity contribution >= 4 is 24.0 Å². The number of rotatable bonds is 0. The van der Waals surface area contributed by atoms with Gasteiger partial charge in [0.15, 0.2) is 0 Å². The van der Waals surface area contributed by atoms with Crippen molar-refractivity contribution in [1.29, 1.82) is 0 Å². The van der Waals surface area contributed by atoms with Crippen LogP contribution in [0.3, 0.4) is 0 Å². The van der Waals surface area contributed by atoms with Gasteiger partial charge in [0.05, 0.1) is 0 Å². The summed E-state index contributed by atoms with van der Waals surface area (Å²) in [6.45, 7) is 0. The molecule has 0 saturated carbocycles. The van der Waals surface area contributed by atoms with Gasteiger partial charge in [0.1, 0.15) is 12.5 Å². The fourth-order valence-corrected chi connectivity index (χ4v) is 0.219. The molecule has 1 heterocycles. The van der Waals surface area contributed by atoms with Gasteiger partial charge in [0.25, 0.3) is 0 Å². The second kappa shape index (κ2) is 3.98. The molecule has 0 spiro atoms. The minimum Gasteiger partial charge on any atom is -0.299 e. The summed E-state index contributed by atoms with van der Waals surface area (Å²) < 4.78 is 0. The molecule has 1 aliphatic rings. The second-order valence-electron chi connectivity index (χ2n) is 0.850. The molecule has 0 bridgehead atoms. The van der Waals surface area contributed by atoms with Gasteiger partial charge in [-0.15, -0.1) is 24.0 Å². The van der Waals surface area contributed by atoms with E-state index in [9.17, 15) is 0 Å². The van der Waals surface area contributed by atoms with E-state index in [1.165, 1.54) is 12.5 Å². The summed E-state index contributed by atoms with van der Waals surface area (Å²) in [4.78, 5) is 8.60. The predicted molar refractivity (Wildman–Crippen MR) is 35.9 cm³/mol.